The highest BCUT2D eigenvalue weighted by molar-refractivity contribution is 7.88. The van der Waals surface area contributed by atoms with Crippen molar-refractivity contribution in [3.8, 4) is 33.2 Å². The molecule has 33 heavy (non-hydrogen) atoms. The van der Waals surface area contributed by atoms with Crippen LogP contribution >= 0.6 is 34.5 Å². The standard InChI is InChI=1S/C20H10Cl2F3N3O3S2/c21-12-2-1-10(7-13(12)22)14-9-17(20(23,24)25)28-19(27-14)11-5-6-26-15(8-11)16-3-4-18(32-16)33(29,30)31/h1-9H,(H,29,30,31). The maximum Gasteiger partial charge on any atom is 0.433 e. The average Bonchev–Trinajstić information content (AvgIpc) is 3.26. The lowest BCUT2D eigenvalue weighted by molar-refractivity contribution is -0.141. The summed E-state index contributed by atoms with van der Waals surface area (Å²) < 4.78 is 72.2. The lowest BCUT2D eigenvalue weighted by Crippen LogP contribution is -2.10. The van der Waals surface area contributed by atoms with Gasteiger partial charge in [-0.25, -0.2) is 9.97 Å². The molecule has 0 fully saturated rings. The molecular formula is C20H10Cl2F3N3O3S2. The van der Waals surface area contributed by atoms with Crippen LogP contribution < -0.4 is 0 Å². The quantitative estimate of drug-likeness (QED) is 0.302. The van der Waals surface area contributed by atoms with Gasteiger partial charge >= 0.3 is 16.3 Å². The first kappa shape index (κ1) is 23.6. The van der Waals surface area contributed by atoms with E-state index >= 15 is 0 Å². The molecule has 0 spiro atoms. The molecule has 13 heteroatoms. The Morgan fingerprint density at radius 1 is 0.879 bits per heavy atom. The van der Waals surface area contributed by atoms with Crippen LogP contribution in [-0.2, 0) is 16.3 Å². The Morgan fingerprint density at radius 3 is 2.27 bits per heavy atom. The van der Waals surface area contributed by atoms with E-state index in [1.54, 1.807) is 0 Å². The molecule has 4 aromatic rings. The summed E-state index contributed by atoms with van der Waals surface area (Å²) in [6.07, 6.45) is -3.41. The van der Waals surface area contributed by atoms with E-state index in [-0.39, 0.29) is 37.0 Å². The molecule has 0 aliphatic carbocycles. The van der Waals surface area contributed by atoms with E-state index in [9.17, 15) is 26.1 Å². The van der Waals surface area contributed by atoms with E-state index in [4.69, 9.17) is 23.2 Å². The van der Waals surface area contributed by atoms with Crippen molar-refractivity contribution < 1.29 is 26.1 Å². The number of aromatic nitrogens is 3. The van der Waals surface area contributed by atoms with Crippen LogP contribution in [0.15, 0.2) is 58.9 Å². The van der Waals surface area contributed by atoms with Gasteiger partial charge in [-0.2, -0.15) is 21.6 Å². The lowest BCUT2D eigenvalue weighted by Gasteiger charge is -2.12. The van der Waals surface area contributed by atoms with E-state index in [0.717, 1.165) is 17.4 Å². The zero-order valence-corrected chi connectivity index (χ0v) is 19.2. The topological polar surface area (TPSA) is 93.0 Å². The van der Waals surface area contributed by atoms with Crippen molar-refractivity contribution in [2.75, 3.05) is 0 Å². The van der Waals surface area contributed by atoms with Crippen LogP contribution in [0.5, 0.6) is 0 Å². The van der Waals surface area contributed by atoms with Crippen molar-refractivity contribution in [1.29, 1.82) is 0 Å². The summed E-state index contributed by atoms with van der Waals surface area (Å²) in [5.74, 6) is -0.221. The number of alkyl halides is 3. The van der Waals surface area contributed by atoms with Crippen LogP contribution in [0.4, 0.5) is 13.2 Å². The third kappa shape index (κ3) is 5.17. The summed E-state index contributed by atoms with van der Waals surface area (Å²) in [4.78, 5) is 12.4. The summed E-state index contributed by atoms with van der Waals surface area (Å²) in [6.45, 7) is 0. The Balaban J connectivity index is 1.84. The molecule has 170 valence electrons. The van der Waals surface area contributed by atoms with Gasteiger partial charge in [-0.15, -0.1) is 11.3 Å². The number of halogens is 5. The zero-order valence-electron chi connectivity index (χ0n) is 16.0. The molecule has 1 N–H and O–H groups in total. The Hall–Kier alpha value is -2.57. The van der Waals surface area contributed by atoms with Gasteiger partial charge in [0, 0.05) is 17.3 Å². The number of benzene rings is 1. The molecule has 4 rings (SSSR count). The van der Waals surface area contributed by atoms with Gasteiger partial charge in [0.2, 0.25) is 0 Å². The molecule has 3 heterocycles. The second-order valence-corrected chi connectivity index (χ2v) is 10.2. The smallest absolute Gasteiger partial charge is 0.281 e. The number of rotatable bonds is 4. The van der Waals surface area contributed by atoms with Gasteiger partial charge in [-0.3, -0.25) is 9.54 Å². The van der Waals surface area contributed by atoms with E-state index in [1.165, 1.54) is 48.7 Å². The first-order chi connectivity index (χ1) is 15.4. The van der Waals surface area contributed by atoms with Crippen LogP contribution in [-0.4, -0.2) is 27.9 Å². The second kappa shape index (κ2) is 8.65. The first-order valence-electron chi connectivity index (χ1n) is 8.87. The molecule has 0 saturated carbocycles. The van der Waals surface area contributed by atoms with Crippen LogP contribution in [0.2, 0.25) is 10.0 Å². The van der Waals surface area contributed by atoms with Gasteiger partial charge in [0.05, 0.1) is 26.3 Å². The third-order valence-electron chi connectivity index (χ3n) is 4.34. The number of hydrogen-bond donors (Lipinski definition) is 1. The minimum Gasteiger partial charge on any atom is -0.281 e. The minimum atomic E-state index is -4.74. The fourth-order valence-electron chi connectivity index (χ4n) is 2.83. The number of hydrogen-bond acceptors (Lipinski definition) is 6. The molecule has 0 saturated heterocycles. The highest BCUT2D eigenvalue weighted by Crippen LogP contribution is 2.35. The highest BCUT2D eigenvalue weighted by Gasteiger charge is 2.34. The van der Waals surface area contributed by atoms with Gasteiger partial charge in [0.25, 0.3) is 0 Å². The van der Waals surface area contributed by atoms with E-state index < -0.39 is 22.0 Å². The summed E-state index contributed by atoms with van der Waals surface area (Å²) >= 11 is 12.7. The summed E-state index contributed by atoms with van der Waals surface area (Å²) in [5, 5.41) is 0.395. The van der Waals surface area contributed by atoms with Crippen molar-refractivity contribution in [3.63, 3.8) is 0 Å². The summed E-state index contributed by atoms with van der Waals surface area (Å²) in [7, 11) is -4.40. The lowest BCUT2D eigenvalue weighted by atomic mass is 10.1. The van der Waals surface area contributed by atoms with Crippen LogP contribution in [0.3, 0.4) is 0 Å². The van der Waals surface area contributed by atoms with Crippen LogP contribution in [0.25, 0.3) is 33.2 Å². The molecule has 0 aliphatic rings. The normalized spacial score (nSPS) is 12.2. The monoisotopic (exact) mass is 531 g/mol. The largest absolute Gasteiger partial charge is 0.433 e. The van der Waals surface area contributed by atoms with Crippen LogP contribution in [0.1, 0.15) is 5.69 Å². The van der Waals surface area contributed by atoms with Crippen molar-refractivity contribution in [2.24, 2.45) is 0 Å². The Morgan fingerprint density at radius 2 is 1.64 bits per heavy atom. The van der Waals surface area contributed by atoms with Gasteiger partial charge in [-0.1, -0.05) is 29.3 Å². The molecule has 0 atom stereocenters. The average molecular weight is 532 g/mol. The Bertz CT molecular complexity index is 1470. The highest BCUT2D eigenvalue weighted by atomic mass is 35.5. The molecule has 0 bridgehead atoms. The second-order valence-electron chi connectivity index (χ2n) is 6.61. The number of nitrogens with zero attached hydrogens (tertiary/aromatic N) is 3. The molecule has 0 amide bonds. The van der Waals surface area contributed by atoms with Gasteiger partial charge < -0.3 is 0 Å². The fraction of sp³-hybridized carbons (Fsp3) is 0.0500. The van der Waals surface area contributed by atoms with E-state index in [2.05, 4.69) is 15.0 Å². The van der Waals surface area contributed by atoms with Crippen molar-refractivity contribution >= 4 is 44.7 Å². The predicted octanol–water partition coefficient (Wildman–Crippen LogP) is 6.51. The Labute approximate surface area is 199 Å². The SMILES string of the molecule is O=S(=O)(O)c1ccc(-c2cc(-c3nc(-c4ccc(Cl)c(Cl)c4)cc(C(F)(F)F)n3)ccn2)s1. The van der Waals surface area contributed by atoms with Gasteiger partial charge in [0.15, 0.2) is 5.82 Å². The maximum absolute atomic E-state index is 13.6. The van der Waals surface area contributed by atoms with Crippen molar-refractivity contribution in [2.45, 2.75) is 10.4 Å². The van der Waals surface area contributed by atoms with Crippen molar-refractivity contribution in [3.05, 3.63) is 70.5 Å². The van der Waals surface area contributed by atoms with Crippen LogP contribution in [0, 0.1) is 0 Å². The maximum atomic E-state index is 13.6. The molecule has 6 nitrogen and oxygen atoms in total. The predicted molar refractivity (Wildman–Crippen MR) is 119 cm³/mol. The van der Waals surface area contributed by atoms with Crippen molar-refractivity contribution in [1.82, 2.24) is 15.0 Å². The number of pyridine rings is 1. The van der Waals surface area contributed by atoms with E-state index in [1.807, 2.05) is 0 Å². The Kier molecular flexibility index (Phi) is 6.18. The first-order valence-corrected chi connectivity index (χ1v) is 11.9. The molecule has 0 radical (unpaired) electrons. The number of thiophene rings is 1. The zero-order chi connectivity index (χ0) is 24.0. The molecule has 0 unspecified atom stereocenters. The molecular weight excluding hydrogens is 522 g/mol. The molecule has 1 aromatic carbocycles. The fourth-order valence-corrected chi connectivity index (χ4v) is 4.76. The van der Waals surface area contributed by atoms with E-state index in [0.29, 0.717) is 10.4 Å². The summed E-state index contributed by atoms with van der Waals surface area (Å²) in [6, 6.07) is 10.6. The molecule has 0 aliphatic heterocycles. The van der Waals surface area contributed by atoms with Gasteiger partial charge in [0.1, 0.15) is 9.90 Å². The third-order valence-corrected chi connectivity index (χ3v) is 7.51. The minimum absolute atomic E-state index is 0.0194. The van der Waals surface area contributed by atoms with Gasteiger partial charge in [-0.05, 0) is 42.5 Å². The molecule has 3 aromatic heterocycles. The summed E-state index contributed by atoms with van der Waals surface area (Å²) in [5.41, 5.74) is -0.381.